The van der Waals surface area contributed by atoms with Crippen molar-refractivity contribution in [2.24, 2.45) is 0 Å². The Kier molecular flexibility index (Phi) is 1.58. The minimum Gasteiger partial charge on any atom is -0.274 e. The van der Waals surface area contributed by atoms with Gasteiger partial charge in [-0.3, -0.25) is 4.79 Å². The Bertz CT molecular complexity index is 669. The van der Waals surface area contributed by atoms with Crippen LogP contribution in [-0.4, -0.2) is 25.1 Å². The Morgan fingerprint density at radius 2 is 2.20 bits per heavy atom. The van der Waals surface area contributed by atoms with Crippen molar-refractivity contribution in [1.82, 2.24) is 19.8 Å². The van der Waals surface area contributed by atoms with Crippen molar-refractivity contribution in [3.63, 3.8) is 0 Å². The van der Waals surface area contributed by atoms with Crippen LogP contribution in [0, 0.1) is 0 Å². The van der Waals surface area contributed by atoms with Gasteiger partial charge in [-0.15, -0.1) is 0 Å². The van der Waals surface area contributed by atoms with Crippen LogP contribution in [0.5, 0.6) is 0 Å². The van der Waals surface area contributed by atoms with E-state index in [-0.39, 0.29) is 5.69 Å². The molecule has 6 heteroatoms. The zero-order chi connectivity index (χ0) is 10.4. The second-order valence-electron chi connectivity index (χ2n) is 3.09. The van der Waals surface area contributed by atoms with Gasteiger partial charge in [0.2, 0.25) is 0 Å². The summed E-state index contributed by atoms with van der Waals surface area (Å²) in [5.41, 5.74) is 2.26. The number of carbonyl (C=O) groups is 1. The number of nitrogens with zero attached hydrogens (tertiary/aromatic N) is 3. The molecule has 0 amide bonds. The maximum Gasteiger partial charge on any atom is 0.276 e. The number of halogens is 1. The normalized spacial score (nSPS) is 11.3. The molecule has 3 aromatic rings. The Balaban J connectivity index is 2.50. The molecule has 0 unspecified atom stereocenters. The van der Waals surface area contributed by atoms with Crippen molar-refractivity contribution in [3.05, 3.63) is 30.0 Å². The molecule has 0 aliphatic heterocycles. The van der Waals surface area contributed by atoms with Crippen LogP contribution >= 0.6 is 11.6 Å². The van der Waals surface area contributed by atoms with Crippen molar-refractivity contribution in [3.8, 4) is 0 Å². The molecule has 74 valence electrons. The minimum absolute atomic E-state index is 0.146. The van der Waals surface area contributed by atoms with Gasteiger partial charge in [0, 0.05) is 0 Å². The van der Waals surface area contributed by atoms with Gasteiger partial charge < -0.3 is 0 Å². The predicted molar refractivity (Wildman–Crippen MR) is 55.0 cm³/mol. The Labute approximate surface area is 88.6 Å². The van der Waals surface area contributed by atoms with Crippen LogP contribution < -0.4 is 0 Å². The minimum atomic E-state index is -0.614. The predicted octanol–water partition coefficient (Wildman–Crippen LogP) is 1.59. The number of hydrogen-bond donors (Lipinski definition) is 1. The van der Waals surface area contributed by atoms with E-state index >= 15 is 0 Å². The van der Waals surface area contributed by atoms with E-state index in [4.69, 9.17) is 11.6 Å². The molecule has 0 spiro atoms. The van der Waals surface area contributed by atoms with Crippen molar-refractivity contribution >= 4 is 33.5 Å². The van der Waals surface area contributed by atoms with Crippen LogP contribution in [0.3, 0.4) is 0 Å². The number of hydrogen-bond acceptors (Lipinski definition) is 3. The van der Waals surface area contributed by atoms with Gasteiger partial charge >= 0.3 is 0 Å². The van der Waals surface area contributed by atoms with Gasteiger partial charge in [-0.2, -0.15) is 5.10 Å². The Hall–Kier alpha value is -1.88. The fourth-order valence-electron chi connectivity index (χ4n) is 1.57. The largest absolute Gasteiger partial charge is 0.276 e. The molecule has 0 radical (unpaired) electrons. The molecule has 2 aromatic heterocycles. The van der Waals surface area contributed by atoms with Crippen LogP contribution in [0.1, 0.15) is 10.5 Å². The summed E-state index contributed by atoms with van der Waals surface area (Å²) in [6.45, 7) is 0. The molecule has 0 saturated carbocycles. The highest BCUT2D eigenvalue weighted by atomic mass is 35.5. The smallest absolute Gasteiger partial charge is 0.274 e. The number of aromatic amines is 1. The number of para-hydroxylation sites is 2. The van der Waals surface area contributed by atoms with E-state index in [0.717, 1.165) is 11.0 Å². The monoisotopic (exact) mass is 220 g/mol. The number of carbonyl (C=O) groups excluding carboxylic acids is 1. The second-order valence-corrected chi connectivity index (χ2v) is 3.44. The van der Waals surface area contributed by atoms with E-state index in [0.29, 0.717) is 5.65 Å². The molecular formula is C9H5ClN4O. The molecule has 0 aliphatic rings. The van der Waals surface area contributed by atoms with Gasteiger partial charge in [0.15, 0.2) is 11.3 Å². The lowest BCUT2D eigenvalue weighted by molar-refractivity contribution is 0.107. The fourth-order valence-corrected chi connectivity index (χ4v) is 1.69. The zero-order valence-electron chi connectivity index (χ0n) is 7.44. The number of imidazole rings is 1. The molecule has 0 aliphatic carbocycles. The first kappa shape index (κ1) is 8.43. The summed E-state index contributed by atoms with van der Waals surface area (Å²) in [6.07, 6.45) is 0. The average Bonchev–Trinajstić information content (AvgIpc) is 2.74. The number of rotatable bonds is 1. The number of benzene rings is 1. The topological polar surface area (TPSA) is 63.0 Å². The summed E-state index contributed by atoms with van der Waals surface area (Å²) < 4.78 is 1.63. The van der Waals surface area contributed by atoms with Crippen LogP contribution in [0.15, 0.2) is 24.3 Å². The molecule has 5 nitrogen and oxygen atoms in total. The van der Waals surface area contributed by atoms with Crippen LogP contribution in [0.25, 0.3) is 16.7 Å². The summed E-state index contributed by atoms with van der Waals surface area (Å²) in [7, 11) is 0. The van der Waals surface area contributed by atoms with E-state index in [2.05, 4.69) is 15.3 Å². The molecule has 0 saturated heterocycles. The van der Waals surface area contributed by atoms with E-state index in [1.54, 1.807) is 4.52 Å². The highest BCUT2D eigenvalue weighted by molar-refractivity contribution is 6.68. The molecule has 0 atom stereocenters. The molecule has 3 rings (SSSR count). The lowest BCUT2D eigenvalue weighted by Gasteiger charge is -1.86. The zero-order valence-corrected chi connectivity index (χ0v) is 8.19. The van der Waals surface area contributed by atoms with E-state index in [1.807, 2.05) is 24.3 Å². The third kappa shape index (κ3) is 1.07. The molecule has 2 heterocycles. The Morgan fingerprint density at radius 1 is 1.40 bits per heavy atom. The van der Waals surface area contributed by atoms with Crippen LogP contribution in [0.4, 0.5) is 0 Å². The highest BCUT2D eigenvalue weighted by Gasteiger charge is 2.15. The number of nitrogens with one attached hydrogen (secondary N) is 1. The summed E-state index contributed by atoms with van der Waals surface area (Å²) in [5.74, 6) is 0. The third-order valence-electron chi connectivity index (χ3n) is 2.22. The van der Waals surface area contributed by atoms with E-state index in [1.165, 1.54) is 0 Å². The van der Waals surface area contributed by atoms with Crippen LogP contribution in [-0.2, 0) is 0 Å². The van der Waals surface area contributed by atoms with Gasteiger partial charge in [0.1, 0.15) is 0 Å². The van der Waals surface area contributed by atoms with Gasteiger partial charge in [0.25, 0.3) is 5.24 Å². The summed E-state index contributed by atoms with van der Waals surface area (Å²) in [5, 5.41) is 5.88. The SMILES string of the molecule is O=C(Cl)c1n[nH]n2c1nc1ccccc12. The van der Waals surface area contributed by atoms with Crippen molar-refractivity contribution < 1.29 is 4.79 Å². The van der Waals surface area contributed by atoms with Gasteiger partial charge in [-0.25, -0.2) is 14.7 Å². The summed E-state index contributed by atoms with van der Waals surface area (Å²) in [4.78, 5) is 15.3. The molecule has 0 fully saturated rings. The molecule has 15 heavy (non-hydrogen) atoms. The lowest BCUT2D eigenvalue weighted by atomic mass is 10.3. The first-order valence-corrected chi connectivity index (χ1v) is 4.66. The molecule has 1 aromatic carbocycles. The van der Waals surface area contributed by atoms with E-state index in [9.17, 15) is 4.79 Å². The van der Waals surface area contributed by atoms with Gasteiger partial charge in [-0.1, -0.05) is 12.1 Å². The maximum atomic E-state index is 11.0. The van der Waals surface area contributed by atoms with E-state index < -0.39 is 5.24 Å². The molecule has 1 N–H and O–H groups in total. The molecular weight excluding hydrogens is 216 g/mol. The van der Waals surface area contributed by atoms with Crippen molar-refractivity contribution in [2.45, 2.75) is 0 Å². The second kappa shape index (κ2) is 2.80. The first-order valence-electron chi connectivity index (χ1n) is 4.29. The highest BCUT2D eigenvalue weighted by Crippen LogP contribution is 2.17. The summed E-state index contributed by atoms with van der Waals surface area (Å²) in [6, 6.07) is 7.51. The number of H-pyrrole nitrogens is 1. The standard InChI is InChI=1S/C9H5ClN4O/c10-8(15)7-9-11-5-3-1-2-4-6(5)14(9)13-12-7/h1-4,13H. The third-order valence-corrected chi connectivity index (χ3v) is 2.40. The fraction of sp³-hybridized carbons (Fsp3) is 0. The number of aromatic nitrogens is 4. The lowest BCUT2D eigenvalue weighted by Crippen LogP contribution is -1.89. The summed E-state index contributed by atoms with van der Waals surface area (Å²) >= 11 is 5.38. The van der Waals surface area contributed by atoms with Crippen LogP contribution in [0.2, 0.25) is 0 Å². The first-order chi connectivity index (χ1) is 7.27. The van der Waals surface area contributed by atoms with Gasteiger partial charge in [-0.05, 0) is 23.7 Å². The van der Waals surface area contributed by atoms with Crippen molar-refractivity contribution in [1.29, 1.82) is 0 Å². The number of fused-ring (bicyclic) bond motifs is 3. The molecule has 0 bridgehead atoms. The quantitative estimate of drug-likeness (QED) is 0.634. The van der Waals surface area contributed by atoms with Gasteiger partial charge in [0.05, 0.1) is 11.0 Å². The van der Waals surface area contributed by atoms with Crippen molar-refractivity contribution in [2.75, 3.05) is 0 Å². The average molecular weight is 221 g/mol. The maximum absolute atomic E-state index is 11.0. The Morgan fingerprint density at radius 3 is 3.00 bits per heavy atom.